The summed E-state index contributed by atoms with van der Waals surface area (Å²) >= 11 is 0. The van der Waals surface area contributed by atoms with E-state index in [0.717, 1.165) is 50.2 Å². The van der Waals surface area contributed by atoms with Crippen LogP contribution in [0.5, 0.6) is 5.75 Å². The summed E-state index contributed by atoms with van der Waals surface area (Å²) in [6.07, 6.45) is 3.02. The highest BCUT2D eigenvalue weighted by Gasteiger charge is 2.12. The number of H-pyrrole nitrogens is 1. The van der Waals surface area contributed by atoms with Crippen LogP contribution in [0.1, 0.15) is 29.7 Å². The molecule has 0 aliphatic rings. The first-order valence-electron chi connectivity index (χ1n) is 10.5. The number of fused-ring (bicyclic) bond motifs is 1. The Hall–Kier alpha value is -2.99. The van der Waals surface area contributed by atoms with Crippen LogP contribution in [-0.4, -0.2) is 42.6 Å². The fraction of sp³-hybridized carbons (Fsp3) is 0.375. The molecular weight excluding hydrogens is 374 g/mol. The van der Waals surface area contributed by atoms with Crippen molar-refractivity contribution in [2.24, 2.45) is 16.5 Å². The van der Waals surface area contributed by atoms with Gasteiger partial charge in [0, 0.05) is 36.2 Å². The van der Waals surface area contributed by atoms with Gasteiger partial charge < -0.3 is 21.2 Å². The topological polar surface area (TPSA) is 92.7 Å². The lowest BCUT2D eigenvalue weighted by Gasteiger charge is -2.22. The van der Waals surface area contributed by atoms with Gasteiger partial charge in [-0.3, -0.25) is 9.89 Å². The standard InChI is InChI=1S/C24H33N5O/c1-18-21(22-16-20(30-2)10-11-23(22)28-18)12-15-29(14-7-6-13-27-24(25)26)17-19-8-4-3-5-9-19/h3-5,8-11,16,28H,6-7,12-15,17H2,1-2H3,(H4,25,26,27). The van der Waals surface area contributed by atoms with Crippen molar-refractivity contribution in [2.45, 2.75) is 32.7 Å². The smallest absolute Gasteiger partial charge is 0.185 e. The van der Waals surface area contributed by atoms with Gasteiger partial charge in [-0.2, -0.15) is 0 Å². The van der Waals surface area contributed by atoms with E-state index in [1.165, 1.54) is 22.2 Å². The Morgan fingerprint density at radius 1 is 1.07 bits per heavy atom. The largest absolute Gasteiger partial charge is 0.497 e. The fourth-order valence-electron chi connectivity index (χ4n) is 3.85. The van der Waals surface area contributed by atoms with Crippen molar-refractivity contribution in [3.63, 3.8) is 0 Å². The molecular formula is C24H33N5O. The van der Waals surface area contributed by atoms with E-state index in [0.29, 0.717) is 6.54 Å². The quantitative estimate of drug-likeness (QED) is 0.257. The van der Waals surface area contributed by atoms with E-state index in [1.54, 1.807) is 7.11 Å². The number of nitrogens with zero attached hydrogens (tertiary/aromatic N) is 2. The summed E-state index contributed by atoms with van der Waals surface area (Å²) in [6, 6.07) is 16.9. The summed E-state index contributed by atoms with van der Waals surface area (Å²) in [7, 11) is 1.71. The second-order valence-corrected chi connectivity index (χ2v) is 7.67. The van der Waals surface area contributed by atoms with E-state index < -0.39 is 0 Å². The fourth-order valence-corrected chi connectivity index (χ4v) is 3.85. The van der Waals surface area contributed by atoms with E-state index in [4.69, 9.17) is 16.2 Å². The Morgan fingerprint density at radius 3 is 2.60 bits per heavy atom. The maximum Gasteiger partial charge on any atom is 0.185 e. The third-order valence-corrected chi connectivity index (χ3v) is 5.43. The molecule has 0 atom stereocenters. The van der Waals surface area contributed by atoms with Crippen LogP contribution >= 0.6 is 0 Å². The highest BCUT2D eigenvalue weighted by atomic mass is 16.5. The third kappa shape index (κ3) is 6.00. The Balaban J connectivity index is 1.68. The number of aliphatic imine (C=N–C) groups is 1. The van der Waals surface area contributed by atoms with Crippen molar-refractivity contribution in [1.82, 2.24) is 9.88 Å². The van der Waals surface area contributed by atoms with Gasteiger partial charge >= 0.3 is 0 Å². The van der Waals surface area contributed by atoms with E-state index >= 15 is 0 Å². The molecule has 5 N–H and O–H groups in total. The van der Waals surface area contributed by atoms with E-state index in [-0.39, 0.29) is 5.96 Å². The summed E-state index contributed by atoms with van der Waals surface area (Å²) < 4.78 is 5.43. The Bertz CT molecular complexity index is 960. The van der Waals surface area contributed by atoms with Crippen molar-refractivity contribution in [3.05, 3.63) is 65.4 Å². The predicted octanol–water partition coefficient (Wildman–Crippen LogP) is 3.58. The lowest BCUT2D eigenvalue weighted by Crippen LogP contribution is -2.27. The number of guanidine groups is 1. The number of hydrogen-bond donors (Lipinski definition) is 3. The molecule has 2 aromatic carbocycles. The molecule has 0 amide bonds. The summed E-state index contributed by atoms with van der Waals surface area (Å²) in [5, 5.41) is 1.25. The van der Waals surface area contributed by atoms with Crippen LogP contribution in [0.4, 0.5) is 0 Å². The van der Waals surface area contributed by atoms with Gasteiger partial charge in [0.2, 0.25) is 0 Å². The number of nitrogens with one attached hydrogen (secondary N) is 1. The zero-order valence-corrected chi connectivity index (χ0v) is 18.0. The number of rotatable bonds is 11. The molecule has 0 aliphatic carbocycles. The maximum absolute atomic E-state index is 5.43. The molecule has 0 saturated carbocycles. The molecule has 1 heterocycles. The summed E-state index contributed by atoms with van der Waals surface area (Å²) in [5.41, 5.74) is 15.9. The van der Waals surface area contributed by atoms with Crippen molar-refractivity contribution in [3.8, 4) is 5.75 Å². The van der Waals surface area contributed by atoms with Crippen molar-refractivity contribution in [1.29, 1.82) is 0 Å². The molecule has 30 heavy (non-hydrogen) atoms. The van der Waals surface area contributed by atoms with Crippen LogP contribution in [0.3, 0.4) is 0 Å². The average Bonchev–Trinajstić information content (AvgIpc) is 3.06. The number of methoxy groups -OCH3 is 1. The molecule has 3 aromatic rings. The van der Waals surface area contributed by atoms with Crippen LogP contribution in [0.25, 0.3) is 10.9 Å². The number of aryl methyl sites for hydroxylation is 1. The first-order chi connectivity index (χ1) is 14.6. The summed E-state index contributed by atoms with van der Waals surface area (Å²) in [6.45, 7) is 5.77. The minimum Gasteiger partial charge on any atom is -0.497 e. The maximum atomic E-state index is 5.43. The van der Waals surface area contributed by atoms with Gasteiger partial charge in [-0.25, -0.2) is 0 Å². The first kappa shape index (κ1) is 21.7. The minimum atomic E-state index is 0.168. The molecule has 0 bridgehead atoms. The lowest BCUT2D eigenvalue weighted by molar-refractivity contribution is 0.263. The predicted molar refractivity (Wildman–Crippen MR) is 125 cm³/mol. The van der Waals surface area contributed by atoms with E-state index in [2.05, 4.69) is 64.3 Å². The van der Waals surface area contributed by atoms with Crippen LogP contribution in [-0.2, 0) is 13.0 Å². The molecule has 1 aromatic heterocycles. The zero-order chi connectivity index (χ0) is 21.3. The van der Waals surface area contributed by atoms with Gasteiger partial charge in [0.1, 0.15) is 5.75 Å². The summed E-state index contributed by atoms with van der Waals surface area (Å²) in [5.74, 6) is 1.06. The van der Waals surface area contributed by atoms with Crippen LogP contribution < -0.4 is 16.2 Å². The molecule has 6 heteroatoms. The van der Waals surface area contributed by atoms with E-state index in [1.807, 2.05) is 6.07 Å². The van der Waals surface area contributed by atoms with E-state index in [9.17, 15) is 0 Å². The van der Waals surface area contributed by atoms with Gasteiger partial charge in [-0.1, -0.05) is 30.3 Å². The van der Waals surface area contributed by atoms with Gasteiger partial charge in [-0.15, -0.1) is 0 Å². The van der Waals surface area contributed by atoms with Gasteiger partial charge in [0.15, 0.2) is 5.96 Å². The lowest BCUT2D eigenvalue weighted by atomic mass is 10.1. The van der Waals surface area contributed by atoms with Crippen LogP contribution in [0.15, 0.2) is 53.5 Å². The van der Waals surface area contributed by atoms with Gasteiger partial charge in [0.05, 0.1) is 7.11 Å². The number of aromatic amines is 1. The van der Waals surface area contributed by atoms with Crippen LogP contribution in [0.2, 0.25) is 0 Å². The molecule has 0 spiro atoms. The normalized spacial score (nSPS) is 11.2. The first-order valence-corrected chi connectivity index (χ1v) is 10.5. The molecule has 160 valence electrons. The Labute approximate surface area is 178 Å². The number of nitrogens with two attached hydrogens (primary N) is 2. The molecule has 0 fully saturated rings. The monoisotopic (exact) mass is 407 g/mol. The number of aromatic nitrogens is 1. The second-order valence-electron chi connectivity index (χ2n) is 7.67. The molecule has 0 saturated heterocycles. The van der Waals surface area contributed by atoms with Crippen molar-refractivity contribution >= 4 is 16.9 Å². The van der Waals surface area contributed by atoms with Crippen LogP contribution in [0, 0.1) is 6.92 Å². The number of benzene rings is 2. The second kappa shape index (κ2) is 10.7. The van der Waals surface area contributed by atoms with Gasteiger partial charge in [0.25, 0.3) is 0 Å². The molecule has 0 aliphatic heterocycles. The average molecular weight is 408 g/mol. The molecule has 0 radical (unpaired) electrons. The third-order valence-electron chi connectivity index (χ3n) is 5.43. The summed E-state index contributed by atoms with van der Waals surface area (Å²) in [4.78, 5) is 10.1. The van der Waals surface area contributed by atoms with Crippen molar-refractivity contribution < 1.29 is 4.74 Å². The number of unbranched alkanes of at least 4 members (excludes halogenated alkanes) is 1. The highest BCUT2D eigenvalue weighted by Crippen LogP contribution is 2.27. The zero-order valence-electron chi connectivity index (χ0n) is 18.0. The van der Waals surface area contributed by atoms with Gasteiger partial charge in [-0.05, 0) is 62.1 Å². The Morgan fingerprint density at radius 2 is 1.87 bits per heavy atom. The molecule has 0 unspecified atom stereocenters. The SMILES string of the molecule is COc1ccc2[nH]c(C)c(CCN(CCCCN=C(N)N)Cc3ccccc3)c2c1. The Kier molecular flexibility index (Phi) is 7.74. The highest BCUT2D eigenvalue weighted by molar-refractivity contribution is 5.86. The number of ether oxygens (including phenoxy) is 1. The molecule has 3 rings (SSSR count). The minimum absolute atomic E-state index is 0.168. The number of hydrogen-bond acceptors (Lipinski definition) is 3. The molecule has 6 nitrogen and oxygen atoms in total. The van der Waals surface area contributed by atoms with Crippen molar-refractivity contribution in [2.75, 3.05) is 26.7 Å².